The van der Waals surface area contributed by atoms with Gasteiger partial charge in [0.2, 0.25) is 0 Å². The molecule has 3 aromatic carbocycles. The molecule has 1 aliphatic rings. The zero-order valence-electron chi connectivity index (χ0n) is 16.9. The fourth-order valence-corrected chi connectivity index (χ4v) is 3.87. The molecule has 30 heavy (non-hydrogen) atoms. The maximum atomic E-state index is 12.6. The van der Waals surface area contributed by atoms with Gasteiger partial charge in [-0.15, -0.1) is 0 Å². The molecule has 1 amide bonds. The molecule has 0 saturated carbocycles. The van der Waals surface area contributed by atoms with Gasteiger partial charge in [-0.05, 0) is 78.9 Å². The van der Waals surface area contributed by atoms with Gasteiger partial charge in [-0.25, -0.2) is 0 Å². The van der Waals surface area contributed by atoms with Gasteiger partial charge in [-0.2, -0.15) is 0 Å². The summed E-state index contributed by atoms with van der Waals surface area (Å²) >= 11 is 0. The van der Waals surface area contributed by atoms with Crippen molar-refractivity contribution in [2.24, 2.45) is 0 Å². The molecular formula is C25H25NO4. The molecule has 0 fully saturated rings. The van der Waals surface area contributed by atoms with Crippen LogP contribution in [-0.4, -0.2) is 24.7 Å². The van der Waals surface area contributed by atoms with Crippen LogP contribution in [0.2, 0.25) is 0 Å². The number of ether oxygens (including phenoxy) is 2. The third-order valence-electron chi connectivity index (χ3n) is 5.49. The smallest absolute Gasteiger partial charge is 0.251 e. The molecular weight excluding hydrogens is 378 g/mol. The first kappa shape index (κ1) is 20.0. The van der Waals surface area contributed by atoms with Crippen LogP contribution in [0.4, 0.5) is 0 Å². The molecule has 4 rings (SSSR count). The lowest BCUT2D eigenvalue weighted by molar-refractivity contribution is 0.0189. The van der Waals surface area contributed by atoms with Gasteiger partial charge in [0.25, 0.3) is 5.91 Å². The van der Waals surface area contributed by atoms with Crippen molar-refractivity contribution in [1.82, 2.24) is 5.32 Å². The summed E-state index contributed by atoms with van der Waals surface area (Å²) in [6, 6.07) is 22.2. The summed E-state index contributed by atoms with van der Waals surface area (Å²) in [7, 11) is 1.63. The second-order valence-corrected chi connectivity index (χ2v) is 7.53. The van der Waals surface area contributed by atoms with E-state index in [1.165, 1.54) is 0 Å². The Bertz CT molecular complexity index is 1020. The highest BCUT2D eigenvalue weighted by molar-refractivity contribution is 5.94. The molecule has 5 nitrogen and oxygen atoms in total. The van der Waals surface area contributed by atoms with Gasteiger partial charge in [-0.3, -0.25) is 4.79 Å². The van der Waals surface area contributed by atoms with Gasteiger partial charge >= 0.3 is 0 Å². The average Bonchev–Trinajstić information content (AvgIpc) is 2.78. The zero-order chi connectivity index (χ0) is 21.0. The number of hydrogen-bond acceptors (Lipinski definition) is 4. The van der Waals surface area contributed by atoms with Crippen LogP contribution in [0.25, 0.3) is 0 Å². The van der Waals surface area contributed by atoms with Crippen molar-refractivity contribution in [2.45, 2.75) is 24.9 Å². The van der Waals surface area contributed by atoms with Crippen LogP contribution in [0.5, 0.6) is 17.2 Å². The highest BCUT2D eigenvalue weighted by Crippen LogP contribution is 2.36. The SMILES string of the molecule is COc1ccc2c(c1)CCCC2(O)CNC(=O)c1ccc(Oc2ccccc2)cc1. The second-order valence-electron chi connectivity index (χ2n) is 7.53. The minimum atomic E-state index is -1.08. The first-order chi connectivity index (χ1) is 14.6. The maximum Gasteiger partial charge on any atom is 0.251 e. The maximum absolute atomic E-state index is 12.6. The highest BCUT2D eigenvalue weighted by atomic mass is 16.5. The van der Waals surface area contributed by atoms with Gasteiger partial charge in [0, 0.05) is 5.56 Å². The van der Waals surface area contributed by atoms with Crippen LogP contribution < -0.4 is 14.8 Å². The molecule has 0 saturated heterocycles. The molecule has 3 aromatic rings. The van der Waals surface area contributed by atoms with Crippen molar-refractivity contribution in [2.75, 3.05) is 13.7 Å². The molecule has 0 radical (unpaired) electrons. The summed E-state index contributed by atoms with van der Waals surface area (Å²) in [5.41, 5.74) is 1.37. The van der Waals surface area contributed by atoms with Crippen LogP contribution in [-0.2, 0) is 12.0 Å². The summed E-state index contributed by atoms with van der Waals surface area (Å²) in [6.45, 7) is 0.160. The highest BCUT2D eigenvalue weighted by Gasteiger charge is 2.34. The van der Waals surface area contributed by atoms with Crippen LogP contribution >= 0.6 is 0 Å². The van der Waals surface area contributed by atoms with Crippen LogP contribution in [0.3, 0.4) is 0 Å². The van der Waals surface area contributed by atoms with E-state index >= 15 is 0 Å². The van der Waals surface area contributed by atoms with E-state index in [0.717, 1.165) is 35.5 Å². The van der Waals surface area contributed by atoms with E-state index in [1.807, 2.05) is 48.5 Å². The van der Waals surface area contributed by atoms with E-state index in [4.69, 9.17) is 9.47 Å². The first-order valence-electron chi connectivity index (χ1n) is 10.1. The Balaban J connectivity index is 1.41. The Hall–Kier alpha value is -3.31. The molecule has 1 unspecified atom stereocenters. The minimum absolute atomic E-state index is 0.160. The molecule has 0 aliphatic heterocycles. The lowest BCUT2D eigenvalue weighted by atomic mass is 9.79. The third kappa shape index (κ3) is 4.31. The number of carbonyl (C=O) groups excluding carboxylic acids is 1. The molecule has 154 valence electrons. The summed E-state index contributed by atoms with van der Waals surface area (Å²) in [4.78, 5) is 12.6. The van der Waals surface area contributed by atoms with Gasteiger partial charge in [0.05, 0.1) is 13.7 Å². The summed E-state index contributed by atoms with van der Waals surface area (Å²) in [5, 5.41) is 14.1. The van der Waals surface area contributed by atoms with E-state index in [-0.39, 0.29) is 12.5 Å². The molecule has 0 heterocycles. The van der Waals surface area contributed by atoms with Gasteiger partial charge < -0.3 is 19.9 Å². The molecule has 0 spiro atoms. The van der Waals surface area contributed by atoms with Crippen molar-refractivity contribution in [3.05, 3.63) is 89.5 Å². The number of amides is 1. The molecule has 5 heteroatoms. The van der Waals surface area contributed by atoms with E-state index in [2.05, 4.69) is 5.32 Å². The fraction of sp³-hybridized carbons (Fsp3) is 0.240. The zero-order valence-corrected chi connectivity index (χ0v) is 16.9. The van der Waals surface area contributed by atoms with Crippen molar-refractivity contribution in [3.63, 3.8) is 0 Å². The number of nitrogens with one attached hydrogen (secondary N) is 1. The monoisotopic (exact) mass is 403 g/mol. The molecule has 1 atom stereocenters. The largest absolute Gasteiger partial charge is 0.497 e. The average molecular weight is 403 g/mol. The van der Waals surface area contributed by atoms with Gasteiger partial charge in [-0.1, -0.05) is 24.3 Å². The number of rotatable bonds is 6. The first-order valence-corrected chi connectivity index (χ1v) is 10.1. The van der Waals surface area contributed by atoms with E-state index in [0.29, 0.717) is 17.7 Å². The number of hydrogen-bond donors (Lipinski definition) is 2. The van der Waals surface area contributed by atoms with E-state index < -0.39 is 5.60 Å². The Labute approximate surface area is 176 Å². The summed E-state index contributed by atoms with van der Waals surface area (Å²) in [5.74, 6) is 1.95. The van der Waals surface area contributed by atoms with E-state index in [9.17, 15) is 9.90 Å². The standard InChI is InChI=1S/C25H25NO4/c1-29-22-13-14-23-19(16-22)6-5-15-25(23,28)17-26-24(27)18-9-11-21(12-10-18)30-20-7-3-2-4-8-20/h2-4,7-14,16,28H,5-6,15,17H2,1H3,(H,26,27). The fourth-order valence-electron chi connectivity index (χ4n) is 3.87. The van der Waals surface area contributed by atoms with E-state index in [1.54, 1.807) is 31.4 Å². The number of methoxy groups -OCH3 is 1. The lowest BCUT2D eigenvalue weighted by Crippen LogP contribution is -2.43. The van der Waals surface area contributed by atoms with Crippen LogP contribution in [0.15, 0.2) is 72.8 Å². The number of fused-ring (bicyclic) bond motifs is 1. The second kappa shape index (κ2) is 8.59. The number of para-hydroxylation sites is 1. The Kier molecular flexibility index (Phi) is 5.72. The summed E-state index contributed by atoms with van der Waals surface area (Å²) in [6.07, 6.45) is 2.36. The Morgan fingerprint density at radius 3 is 2.43 bits per heavy atom. The Morgan fingerprint density at radius 1 is 1.00 bits per heavy atom. The number of carbonyl (C=O) groups is 1. The predicted molar refractivity (Wildman–Crippen MR) is 115 cm³/mol. The molecule has 1 aliphatic carbocycles. The normalized spacial score (nSPS) is 17.7. The number of aryl methyl sites for hydroxylation is 1. The predicted octanol–water partition coefficient (Wildman–Crippen LogP) is 4.44. The van der Waals surface area contributed by atoms with Gasteiger partial charge in [0.15, 0.2) is 0 Å². The third-order valence-corrected chi connectivity index (χ3v) is 5.49. The quantitative estimate of drug-likeness (QED) is 0.638. The Morgan fingerprint density at radius 2 is 1.70 bits per heavy atom. The van der Waals surface area contributed by atoms with Crippen molar-refractivity contribution >= 4 is 5.91 Å². The van der Waals surface area contributed by atoms with Crippen LogP contribution in [0.1, 0.15) is 34.3 Å². The van der Waals surface area contributed by atoms with Crippen molar-refractivity contribution in [1.29, 1.82) is 0 Å². The molecule has 2 N–H and O–H groups in total. The topological polar surface area (TPSA) is 67.8 Å². The lowest BCUT2D eigenvalue weighted by Gasteiger charge is -2.35. The summed E-state index contributed by atoms with van der Waals surface area (Å²) < 4.78 is 11.1. The van der Waals surface area contributed by atoms with Crippen molar-refractivity contribution < 1.29 is 19.4 Å². The molecule has 0 aromatic heterocycles. The van der Waals surface area contributed by atoms with Crippen molar-refractivity contribution in [3.8, 4) is 17.2 Å². The number of aliphatic hydroxyl groups is 1. The number of benzene rings is 3. The van der Waals surface area contributed by atoms with Gasteiger partial charge in [0.1, 0.15) is 22.8 Å². The van der Waals surface area contributed by atoms with Crippen LogP contribution in [0, 0.1) is 0 Å². The minimum Gasteiger partial charge on any atom is -0.497 e. The molecule has 0 bridgehead atoms.